The largest absolute Gasteiger partial charge is 0.316 e. The number of hydrogen-bond acceptors (Lipinski definition) is 4. The number of nitrogens with one attached hydrogen (secondary N) is 1. The predicted molar refractivity (Wildman–Crippen MR) is 59.9 cm³/mol. The molecule has 0 aromatic heterocycles. The lowest BCUT2D eigenvalue weighted by Crippen LogP contribution is -2.41. The molecule has 1 N–H and O–H groups in total. The van der Waals surface area contributed by atoms with Crippen molar-refractivity contribution < 1.29 is 9.59 Å². The molecule has 2 fully saturated rings. The first kappa shape index (κ1) is 11.5. The van der Waals surface area contributed by atoms with Crippen molar-refractivity contribution in [2.24, 2.45) is 0 Å². The summed E-state index contributed by atoms with van der Waals surface area (Å²) in [7, 11) is 1.94. The number of amides is 2. The van der Waals surface area contributed by atoms with Gasteiger partial charge in [-0.3, -0.25) is 19.4 Å². The maximum Gasteiger partial charge on any atom is 0.243 e. The van der Waals surface area contributed by atoms with Crippen LogP contribution >= 0.6 is 0 Å². The van der Waals surface area contributed by atoms with Crippen LogP contribution < -0.4 is 5.32 Å². The van der Waals surface area contributed by atoms with Crippen LogP contribution in [0.4, 0.5) is 0 Å². The summed E-state index contributed by atoms with van der Waals surface area (Å²) >= 11 is 0. The van der Waals surface area contributed by atoms with Crippen molar-refractivity contribution in [3.63, 3.8) is 0 Å². The molecule has 0 aromatic rings. The SMILES string of the molecule is CNC1CCN(CC(=O)N2CCCC2=O)C1. The summed E-state index contributed by atoms with van der Waals surface area (Å²) < 4.78 is 0. The van der Waals surface area contributed by atoms with E-state index in [1.165, 1.54) is 4.90 Å². The maximum absolute atomic E-state index is 11.8. The standard InChI is InChI=1S/C11H19N3O2/c1-12-9-4-6-13(7-9)8-11(16)14-5-2-3-10(14)15/h9,12H,2-8H2,1H3. The Bertz CT molecular complexity index is 293. The van der Waals surface area contributed by atoms with E-state index < -0.39 is 0 Å². The second kappa shape index (κ2) is 4.93. The Morgan fingerprint density at radius 2 is 2.31 bits per heavy atom. The third kappa shape index (κ3) is 2.41. The number of nitrogens with zero attached hydrogens (tertiary/aromatic N) is 2. The van der Waals surface area contributed by atoms with Gasteiger partial charge in [-0.1, -0.05) is 0 Å². The van der Waals surface area contributed by atoms with Gasteiger partial charge in [0.25, 0.3) is 0 Å². The highest BCUT2D eigenvalue weighted by Gasteiger charge is 2.29. The van der Waals surface area contributed by atoms with E-state index in [-0.39, 0.29) is 11.8 Å². The molecular formula is C11H19N3O2. The molecule has 0 bridgehead atoms. The molecule has 5 nitrogen and oxygen atoms in total. The summed E-state index contributed by atoms with van der Waals surface area (Å²) in [4.78, 5) is 26.8. The quantitative estimate of drug-likeness (QED) is 0.699. The third-order valence-corrected chi connectivity index (χ3v) is 3.41. The molecule has 0 spiro atoms. The topological polar surface area (TPSA) is 52.7 Å². The molecule has 1 atom stereocenters. The van der Waals surface area contributed by atoms with Crippen LogP contribution in [0.25, 0.3) is 0 Å². The van der Waals surface area contributed by atoms with Gasteiger partial charge in [0.05, 0.1) is 6.54 Å². The molecular weight excluding hydrogens is 206 g/mol. The van der Waals surface area contributed by atoms with Crippen molar-refractivity contribution in [3.8, 4) is 0 Å². The molecule has 1 unspecified atom stereocenters. The van der Waals surface area contributed by atoms with Gasteiger partial charge in [0.15, 0.2) is 0 Å². The lowest BCUT2D eigenvalue weighted by Gasteiger charge is -2.19. The van der Waals surface area contributed by atoms with Crippen LogP contribution in [0.3, 0.4) is 0 Å². The van der Waals surface area contributed by atoms with Crippen LogP contribution in [-0.4, -0.2) is 60.9 Å². The first-order valence-electron chi connectivity index (χ1n) is 5.93. The fourth-order valence-electron chi connectivity index (χ4n) is 2.40. The van der Waals surface area contributed by atoms with Gasteiger partial charge in [-0.05, 0) is 19.9 Å². The number of hydrogen-bond donors (Lipinski definition) is 1. The molecule has 2 aliphatic heterocycles. The molecule has 2 aliphatic rings. The lowest BCUT2D eigenvalue weighted by molar-refractivity contribution is -0.142. The van der Waals surface area contributed by atoms with Crippen LogP contribution in [0, 0.1) is 0 Å². The number of carbonyl (C=O) groups excluding carboxylic acids is 2. The third-order valence-electron chi connectivity index (χ3n) is 3.41. The summed E-state index contributed by atoms with van der Waals surface area (Å²) in [6.45, 7) is 2.86. The van der Waals surface area contributed by atoms with Gasteiger partial charge in [-0.25, -0.2) is 0 Å². The van der Waals surface area contributed by atoms with Crippen LogP contribution in [-0.2, 0) is 9.59 Å². The number of likely N-dealkylation sites (N-methyl/N-ethyl adjacent to an activating group) is 1. The average molecular weight is 225 g/mol. The minimum atomic E-state index is -0.0285. The number of likely N-dealkylation sites (tertiary alicyclic amines) is 2. The molecule has 0 radical (unpaired) electrons. The van der Waals surface area contributed by atoms with E-state index in [9.17, 15) is 9.59 Å². The Labute approximate surface area is 95.8 Å². The molecule has 5 heteroatoms. The zero-order valence-corrected chi connectivity index (χ0v) is 9.74. The van der Waals surface area contributed by atoms with E-state index >= 15 is 0 Å². The Balaban J connectivity index is 1.81. The van der Waals surface area contributed by atoms with Gasteiger partial charge in [0, 0.05) is 32.1 Å². The molecule has 16 heavy (non-hydrogen) atoms. The zero-order chi connectivity index (χ0) is 11.5. The van der Waals surface area contributed by atoms with Crippen molar-refractivity contribution in [1.82, 2.24) is 15.1 Å². The predicted octanol–water partition coefficient (Wildman–Crippen LogP) is -0.571. The van der Waals surface area contributed by atoms with E-state index in [1.807, 2.05) is 7.05 Å². The van der Waals surface area contributed by atoms with Gasteiger partial charge in [-0.15, -0.1) is 0 Å². The number of carbonyl (C=O) groups is 2. The first-order chi connectivity index (χ1) is 7.70. The summed E-state index contributed by atoms with van der Waals surface area (Å²) in [5.41, 5.74) is 0. The summed E-state index contributed by atoms with van der Waals surface area (Å²) in [6.07, 6.45) is 2.44. The van der Waals surface area contributed by atoms with Crippen molar-refractivity contribution in [2.45, 2.75) is 25.3 Å². The van der Waals surface area contributed by atoms with Gasteiger partial charge in [0.2, 0.25) is 11.8 Å². The van der Waals surface area contributed by atoms with Gasteiger partial charge >= 0.3 is 0 Å². The zero-order valence-electron chi connectivity index (χ0n) is 9.74. The van der Waals surface area contributed by atoms with E-state index in [2.05, 4.69) is 10.2 Å². The fraction of sp³-hybridized carbons (Fsp3) is 0.818. The Kier molecular flexibility index (Phi) is 3.56. The van der Waals surface area contributed by atoms with Crippen LogP contribution in [0.1, 0.15) is 19.3 Å². The van der Waals surface area contributed by atoms with Crippen LogP contribution in [0.2, 0.25) is 0 Å². The molecule has 0 aromatic carbocycles. The van der Waals surface area contributed by atoms with E-state index in [4.69, 9.17) is 0 Å². The second-order valence-corrected chi connectivity index (χ2v) is 4.55. The lowest BCUT2D eigenvalue weighted by atomic mass is 10.3. The Morgan fingerprint density at radius 1 is 1.50 bits per heavy atom. The Hall–Kier alpha value is -0.940. The summed E-state index contributed by atoms with van der Waals surface area (Å²) in [5, 5.41) is 3.21. The number of imide groups is 1. The normalized spacial score (nSPS) is 26.7. The van der Waals surface area contributed by atoms with Crippen molar-refractivity contribution >= 4 is 11.8 Å². The van der Waals surface area contributed by atoms with Gasteiger partial charge < -0.3 is 5.32 Å². The highest BCUT2D eigenvalue weighted by Crippen LogP contribution is 2.13. The average Bonchev–Trinajstić information content (AvgIpc) is 2.86. The monoisotopic (exact) mass is 225 g/mol. The molecule has 0 aliphatic carbocycles. The van der Waals surface area contributed by atoms with Crippen molar-refractivity contribution in [2.75, 3.05) is 33.2 Å². The first-order valence-corrected chi connectivity index (χ1v) is 5.93. The smallest absolute Gasteiger partial charge is 0.243 e. The highest BCUT2D eigenvalue weighted by atomic mass is 16.2. The minimum Gasteiger partial charge on any atom is -0.316 e. The maximum atomic E-state index is 11.8. The van der Waals surface area contributed by atoms with E-state index in [1.54, 1.807) is 0 Å². The molecule has 2 heterocycles. The fourth-order valence-corrected chi connectivity index (χ4v) is 2.40. The molecule has 0 saturated carbocycles. The van der Waals surface area contributed by atoms with Gasteiger partial charge in [-0.2, -0.15) is 0 Å². The molecule has 2 rings (SSSR count). The van der Waals surface area contributed by atoms with Gasteiger partial charge in [0.1, 0.15) is 0 Å². The molecule has 2 saturated heterocycles. The Morgan fingerprint density at radius 3 is 2.88 bits per heavy atom. The van der Waals surface area contributed by atoms with Crippen LogP contribution in [0.15, 0.2) is 0 Å². The van der Waals surface area contributed by atoms with Crippen molar-refractivity contribution in [1.29, 1.82) is 0 Å². The number of rotatable bonds is 3. The van der Waals surface area contributed by atoms with E-state index in [0.29, 0.717) is 25.6 Å². The summed E-state index contributed by atoms with van der Waals surface area (Å²) in [5.74, 6) is -0.0337. The van der Waals surface area contributed by atoms with Crippen LogP contribution in [0.5, 0.6) is 0 Å². The minimum absolute atomic E-state index is 0.00522. The second-order valence-electron chi connectivity index (χ2n) is 4.55. The molecule has 2 amide bonds. The highest BCUT2D eigenvalue weighted by molar-refractivity contribution is 5.97. The molecule has 90 valence electrons. The van der Waals surface area contributed by atoms with Crippen molar-refractivity contribution in [3.05, 3.63) is 0 Å². The summed E-state index contributed by atoms with van der Waals surface area (Å²) in [6, 6.07) is 0.488. The van der Waals surface area contributed by atoms with E-state index in [0.717, 1.165) is 25.9 Å².